The minimum Gasteiger partial charge on any atom is -0.393 e. The molecule has 1 heterocycles. The highest BCUT2D eigenvalue weighted by molar-refractivity contribution is 5.77. The number of rotatable bonds is 0. The third kappa shape index (κ3) is 1.75. The van der Waals surface area contributed by atoms with Crippen LogP contribution in [0.5, 0.6) is 0 Å². The van der Waals surface area contributed by atoms with Crippen molar-refractivity contribution >= 4 is 5.91 Å². The highest BCUT2D eigenvalue weighted by Gasteiger charge is 2.60. The fourth-order valence-corrected chi connectivity index (χ4v) is 7.12. The van der Waals surface area contributed by atoms with Gasteiger partial charge in [-0.05, 0) is 73.5 Å². The number of hydrogen-bond donors (Lipinski definition) is 1. The molecule has 1 amide bonds. The molecule has 1 saturated heterocycles. The van der Waals surface area contributed by atoms with E-state index in [-0.39, 0.29) is 11.5 Å². The molecule has 7 atom stereocenters. The second kappa shape index (κ2) is 4.72. The van der Waals surface area contributed by atoms with Crippen molar-refractivity contribution in [2.75, 3.05) is 7.05 Å². The summed E-state index contributed by atoms with van der Waals surface area (Å²) in [5, 5.41) is 10.5. The summed E-state index contributed by atoms with van der Waals surface area (Å²) in [4.78, 5) is 14.2. The number of aliphatic hydroxyl groups excluding tert-OH is 1. The van der Waals surface area contributed by atoms with Crippen molar-refractivity contribution in [2.45, 2.75) is 77.4 Å². The number of nitrogens with zero attached hydrogens (tertiary/aromatic N) is 1. The normalized spacial score (nSPS) is 54.6. The Hall–Kier alpha value is -0.570. The van der Waals surface area contributed by atoms with E-state index in [2.05, 4.69) is 18.7 Å². The molecule has 0 aromatic rings. The predicted octanol–water partition coefficient (Wildman–Crippen LogP) is 3.21. The van der Waals surface area contributed by atoms with Crippen molar-refractivity contribution in [3.8, 4) is 0 Å². The van der Waals surface area contributed by atoms with E-state index in [0.29, 0.717) is 23.3 Å². The molecular formula is C19H31NO2. The Labute approximate surface area is 134 Å². The molecule has 3 heteroatoms. The van der Waals surface area contributed by atoms with Gasteiger partial charge in [-0.15, -0.1) is 0 Å². The number of carbonyl (C=O) groups excluding carboxylic acids is 1. The summed E-state index contributed by atoms with van der Waals surface area (Å²) in [6, 6.07) is 0.450. The summed E-state index contributed by atoms with van der Waals surface area (Å²) in [5.41, 5.74) is 0.473. The van der Waals surface area contributed by atoms with Gasteiger partial charge >= 0.3 is 0 Å². The number of hydrogen-bond acceptors (Lipinski definition) is 2. The van der Waals surface area contributed by atoms with Crippen LogP contribution >= 0.6 is 0 Å². The van der Waals surface area contributed by atoms with Crippen molar-refractivity contribution in [1.29, 1.82) is 0 Å². The van der Waals surface area contributed by atoms with Gasteiger partial charge in [0.25, 0.3) is 0 Å². The molecule has 0 aromatic heterocycles. The van der Waals surface area contributed by atoms with Gasteiger partial charge in [-0.3, -0.25) is 4.79 Å². The fourth-order valence-electron chi connectivity index (χ4n) is 7.12. The van der Waals surface area contributed by atoms with Crippen LogP contribution in [0, 0.1) is 28.6 Å². The van der Waals surface area contributed by atoms with Gasteiger partial charge < -0.3 is 10.0 Å². The fraction of sp³-hybridized carbons (Fsp3) is 0.947. The van der Waals surface area contributed by atoms with E-state index >= 15 is 0 Å². The molecule has 0 spiro atoms. The summed E-state index contributed by atoms with van der Waals surface area (Å²) in [7, 11) is 2.02. The van der Waals surface area contributed by atoms with E-state index in [4.69, 9.17) is 0 Å². The van der Waals surface area contributed by atoms with Crippen LogP contribution in [-0.2, 0) is 4.79 Å². The van der Waals surface area contributed by atoms with Gasteiger partial charge in [0.05, 0.1) is 6.10 Å². The molecule has 4 fully saturated rings. The molecule has 3 aliphatic carbocycles. The van der Waals surface area contributed by atoms with Gasteiger partial charge in [-0.1, -0.05) is 13.8 Å². The number of fused-ring (bicyclic) bond motifs is 5. The molecule has 1 aliphatic heterocycles. The maximum absolute atomic E-state index is 12.1. The van der Waals surface area contributed by atoms with Crippen LogP contribution in [0.25, 0.3) is 0 Å². The Morgan fingerprint density at radius 2 is 1.73 bits per heavy atom. The molecule has 3 nitrogen and oxygen atoms in total. The van der Waals surface area contributed by atoms with E-state index in [0.717, 1.165) is 31.1 Å². The first kappa shape index (κ1) is 15.0. The number of carbonyl (C=O) groups is 1. The minimum absolute atomic E-state index is 0.0837. The average Bonchev–Trinajstić information content (AvgIpc) is 2.79. The summed E-state index contributed by atoms with van der Waals surface area (Å²) >= 11 is 0. The van der Waals surface area contributed by atoms with E-state index in [1.54, 1.807) is 0 Å². The predicted molar refractivity (Wildman–Crippen MR) is 86.2 cm³/mol. The molecule has 1 N–H and O–H groups in total. The van der Waals surface area contributed by atoms with Gasteiger partial charge in [0.15, 0.2) is 0 Å². The van der Waals surface area contributed by atoms with Crippen LogP contribution in [0.2, 0.25) is 0 Å². The highest BCUT2D eigenvalue weighted by Crippen LogP contribution is 2.64. The minimum atomic E-state index is -0.0837. The lowest BCUT2D eigenvalue weighted by atomic mass is 9.47. The van der Waals surface area contributed by atoms with E-state index in [1.807, 2.05) is 7.05 Å². The summed E-state index contributed by atoms with van der Waals surface area (Å²) < 4.78 is 0. The summed E-state index contributed by atoms with van der Waals surface area (Å²) in [6.45, 7) is 4.81. The van der Waals surface area contributed by atoms with Gasteiger partial charge in [-0.25, -0.2) is 0 Å². The van der Waals surface area contributed by atoms with Crippen LogP contribution in [0.15, 0.2) is 0 Å². The van der Waals surface area contributed by atoms with Crippen molar-refractivity contribution in [2.24, 2.45) is 28.6 Å². The zero-order valence-electron chi connectivity index (χ0n) is 14.3. The molecule has 3 saturated carbocycles. The summed E-state index contributed by atoms with van der Waals surface area (Å²) in [5.74, 6) is 2.59. The maximum Gasteiger partial charge on any atom is 0.222 e. The standard InChI is InChI=1S/C19H31NO2/c1-18-11-9-17(22)20(3)15(18)6-4-12-13-5-7-16(21)19(13,2)10-8-14(12)18/h12-16,21H,4-11H2,1-3H3/t12?,13?,14?,15?,16-,18+,19-/m0/s1. The lowest BCUT2D eigenvalue weighted by Gasteiger charge is -2.61. The monoisotopic (exact) mass is 305 g/mol. The van der Waals surface area contributed by atoms with E-state index in [1.165, 1.54) is 32.1 Å². The number of amides is 1. The molecule has 0 bridgehead atoms. The number of likely N-dealkylation sites (tertiary alicyclic amines) is 1. The van der Waals surface area contributed by atoms with Crippen molar-refractivity contribution in [1.82, 2.24) is 4.90 Å². The molecule has 22 heavy (non-hydrogen) atoms. The van der Waals surface area contributed by atoms with Crippen molar-refractivity contribution in [3.63, 3.8) is 0 Å². The largest absolute Gasteiger partial charge is 0.393 e. The second-order valence-corrected chi connectivity index (χ2v) is 9.12. The van der Waals surface area contributed by atoms with Crippen LogP contribution < -0.4 is 0 Å². The first-order valence-corrected chi connectivity index (χ1v) is 9.31. The molecule has 0 radical (unpaired) electrons. The third-order valence-corrected chi connectivity index (χ3v) is 8.51. The topological polar surface area (TPSA) is 40.5 Å². The quantitative estimate of drug-likeness (QED) is 0.746. The van der Waals surface area contributed by atoms with Crippen LogP contribution in [0.3, 0.4) is 0 Å². The Bertz CT molecular complexity index is 492. The smallest absolute Gasteiger partial charge is 0.222 e. The molecule has 124 valence electrons. The molecule has 0 aromatic carbocycles. The van der Waals surface area contributed by atoms with Gasteiger partial charge in [0.2, 0.25) is 5.91 Å². The Morgan fingerprint density at radius 3 is 2.50 bits per heavy atom. The van der Waals surface area contributed by atoms with Gasteiger partial charge in [0, 0.05) is 19.5 Å². The van der Waals surface area contributed by atoms with Crippen LogP contribution in [0.1, 0.15) is 65.2 Å². The number of aliphatic hydroxyl groups is 1. The maximum atomic E-state index is 12.1. The van der Waals surface area contributed by atoms with E-state index in [9.17, 15) is 9.90 Å². The molecule has 4 unspecified atom stereocenters. The highest BCUT2D eigenvalue weighted by atomic mass is 16.3. The van der Waals surface area contributed by atoms with Crippen LogP contribution in [-0.4, -0.2) is 35.1 Å². The Morgan fingerprint density at radius 1 is 1.00 bits per heavy atom. The third-order valence-electron chi connectivity index (χ3n) is 8.51. The Balaban J connectivity index is 1.65. The molecule has 4 rings (SSSR count). The zero-order valence-corrected chi connectivity index (χ0v) is 14.3. The lowest BCUT2D eigenvalue weighted by Crippen LogP contribution is -2.61. The first-order chi connectivity index (χ1) is 10.4. The van der Waals surface area contributed by atoms with E-state index < -0.39 is 0 Å². The van der Waals surface area contributed by atoms with Crippen molar-refractivity contribution in [3.05, 3.63) is 0 Å². The van der Waals surface area contributed by atoms with Gasteiger partial charge in [0.1, 0.15) is 0 Å². The Kier molecular flexibility index (Phi) is 3.21. The lowest BCUT2D eigenvalue weighted by molar-refractivity contribution is -0.159. The van der Waals surface area contributed by atoms with Crippen molar-refractivity contribution < 1.29 is 9.90 Å². The first-order valence-electron chi connectivity index (χ1n) is 9.31. The molecular weight excluding hydrogens is 274 g/mol. The zero-order chi connectivity index (χ0) is 15.7. The van der Waals surface area contributed by atoms with Crippen LogP contribution in [0.4, 0.5) is 0 Å². The second-order valence-electron chi connectivity index (χ2n) is 9.12. The molecule has 4 aliphatic rings. The SMILES string of the molecule is CN1C(=O)CC[C@]2(C)C3CC[C@@]4(C)C(CC[C@@H]4O)C3CCC12. The number of piperidine rings is 1. The summed E-state index contributed by atoms with van der Waals surface area (Å²) in [6.07, 6.45) is 8.81. The average molecular weight is 305 g/mol. The van der Waals surface area contributed by atoms with Gasteiger partial charge in [-0.2, -0.15) is 0 Å².